The summed E-state index contributed by atoms with van der Waals surface area (Å²) < 4.78 is 5.63. The molecule has 0 radical (unpaired) electrons. The van der Waals surface area contributed by atoms with Crippen molar-refractivity contribution in [3.05, 3.63) is 45.5 Å². The van der Waals surface area contributed by atoms with Gasteiger partial charge in [0.15, 0.2) is 0 Å². The molecule has 92 valence electrons. The summed E-state index contributed by atoms with van der Waals surface area (Å²) in [5.41, 5.74) is 2.52. The van der Waals surface area contributed by atoms with E-state index in [1.54, 1.807) is 17.6 Å². The van der Waals surface area contributed by atoms with Crippen molar-refractivity contribution in [2.24, 2.45) is 0 Å². The monoisotopic (exact) mass is 249 g/mol. The van der Waals surface area contributed by atoms with Gasteiger partial charge in [0, 0.05) is 4.88 Å². The molecule has 0 saturated heterocycles. The van der Waals surface area contributed by atoms with E-state index >= 15 is 0 Å². The molecule has 0 spiro atoms. The van der Waals surface area contributed by atoms with Crippen LogP contribution in [-0.4, -0.2) is 6.54 Å². The molecule has 17 heavy (non-hydrogen) atoms. The summed E-state index contributed by atoms with van der Waals surface area (Å²) in [5.74, 6) is 1.04. The Morgan fingerprint density at radius 2 is 2.24 bits per heavy atom. The van der Waals surface area contributed by atoms with E-state index in [1.165, 1.54) is 16.0 Å². The van der Waals surface area contributed by atoms with Crippen LogP contribution in [0.5, 0.6) is 0 Å². The van der Waals surface area contributed by atoms with Gasteiger partial charge in [-0.25, -0.2) is 0 Å². The number of furan rings is 1. The number of hydrogen-bond donors (Lipinski definition) is 1. The number of rotatable bonds is 5. The Hall–Kier alpha value is -1.06. The first-order valence-corrected chi connectivity index (χ1v) is 6.92. The molecule has 0 fully saturated rings. The first-order valence-electron chi connectivity index (χ1n) is 6.04. The highest BCUT2D eigenvalue weighted by Gasteiger charge is 2.19. The van der Waals surface area contributed by atoms with Gasteiger partial charge in [-0.1, -0.05) is 6.92 Å². The minimum absolute atomic E-state index is 0.190. The van der Waals surface area contributed by atoms with Crippen LogP contribution < -0.4 is 5.32 Å². The molecular formula is C14H19NOS. The number of hydrogen-bond acceptors (Lipinski definition) is 3. The molecule has 1 atom stereocenters. The second-order valence-corrected chi connectivity index (χ2v) is 5.46. The van der Waals surface area contributed by atoms with Crippen LogP contribution in [0.2, 0.25) is 0 Å². The molecular weight excluding hydrogens is 230 g/mol. The van der Waals surface area contributed by atoms with Gasteiger partial charge in [-0.2, -0.15) is 0 Å². The largest absolute Gasteiger partial charge is 0.467 e. The van der Waals surface area contributed by atoms with E-state index in [0.717, 1.165) is 18.7 Å². The molecule has 0 bridgehead atoms. The summed E-state index contributed by atoms with van der Waals surface area (Å²) in [6.07, 6.45) is 2.89. The third kappa shape index (κ3) is 2.79. The first kappa shape index (κ1) is 12.4. The van der Waals surface area contributed by atoms with E-state index in [1.807, 2.05) is 6.07 Å². The maximum Gasteiger partial charge on any atom is 0.128 e. The Morgan fingerprint density at radius 3 is 2.76 bits per heavy atom. The van der Waals surface area contributed by atoms with Gasteiger partial charge >= 0.3 is 0 Å². The highest BCUT2D eigenvalue weighted by atomic mass is 32.1. The normalized spacial score (nSPS) is 12.9. The lowest BCUT2D eigenvalue weighted by molar-refractivity contribution is 0.444. The molecule has 0 saturated carbocycles. The molecule has 2 rings (SSSR count). The molecule has 1 unspecified atom stereocenters. The van der Waals surface area contributed by atoms with E-state index < -0.39 is 0 Å². The zero-order chi connectivity index (χ0) is 12.3. The average Bonchev–Trinajstić information content (AvgIpc) is 2.90. The fourth-order valence-electron chi connectivity index (χ4n) is 1.95. The molecule has 2 heterocycles. The second kappa shape index (κ2) is 5.52. The standard InChI is InChI=1S/C14H19NOS/c1-4-6-15-13(12-8-11(3)17-9-12)14-10(2)5-7-16-14/h5,7-9,13,15H,4,6H2,1-3H3. The second-order valence-electron chi connectivity index (χ2n) is 4.35. The molecule has 0 aromatic carbocycles. The van der Waals surface area contributed by atoms with Crippen LogP contribution in [0.1, 0.15) is 41.2 Å². The van der Waals surface area contributed by atoms with Crippen molar-refractivity contribution in [2.75, 3.05) is 6.54 Å². The summed E-state index contributed by atoms with van der Waals surface area (Å²) in [4.78, 5) is 1.34. The zero-order valence-electron chi connectivity index (χ0n) is 10.6. The van der Waals surface area contributed by atoms with Crippen LogP contribution in [-0.2, 0) is 0 Å². The van der Waals surface area contributed by atoms with Crippen molar-refractivity contribution in [3.63, 3.8) is 0 Å². The quantitative estimate of drug-likeness (QED) is 0.865. The Kier molecular flexibility index (Phi) is 4.02. The summed E-state index contributed by atoms with van der Waals surface area (Å²) >= 11 is 1.79. The highest BCUT2D eigenvalue weighted by Crippen LogP contribution is 2.28. The lowest BCUT2D eigenvalue weighted by atomic mass is 10.0. The van der Waals surface area contributed by atoms with E-state index in [9.17, 15) is 0 Å². The predicted octanol–water partition coefficient (Wildman–Crippen LogP) is 4.05. The lowest BCUT2D eigenvalue weighted by Gasteiger charge is -2.16. The SMILES string of the molecule is CCCNC(c1csc(C)c1)c1occc1C. The van der Waals surface area contributed by atoms with Crippen molar-refractivity contribution >= 4 is 11.3 Å². The van der Waals surface area contributed by atoms with Gasteiger partial charge in [-0.3, -0.25) is 0 Å². The van der Waals surface area contributed by atoms with Crippen molar-refractivity contribution < 1.29 is 4.42 Å². The van der Waals surface area contributed by atoms with Gasteiger partial charge in [0.2, 0.25) is 0 Å². The van der Waals surface area contributed by atoms with Crippen LogP contribution in [0.15, 0.2) is 28.2 Å². The number of nitrogens with one attached hydrogen (secondary N) is 1. The zero-order valence-corrected chi connectivity index (χ0v) is 11.4. The highest BCUT2D eigenvalue weighted by molar-refractivity contribution is 7.10. The van der Waals surface area contributed by atoms with Crippen molar-refractivity contribution in [1.82, 2.24) is 5.32 Å². The molecule has 2 aromatic rings. The molecule has 3 heteroatoms. The Labute approximate surface area is 107 Å². The average molecular weight is 249 g/mol. The molecule has 0 aliphatic carbocycles. The molecule has 2 nitrogen and oxygen atoms in total. The minimum Gasteiger partial charge on any atom is -0.467 e. The van der Waals surface area contributed by atoms with Crippen molar-refractivity contribution in [1.29, 1.82) is 0 Å². The third-order valence-electron chi connectivity index (χ3n) is 2.85. The van der Waals surface area contributed by atoms with Gasteiger partial charge in [-0.05, 0) is 55.5 Å². The van der Waals surface area contributed by atoms with E-state index in [2.05, 4.69) is 37.5 Å². The van der Waals surface area contributed by atoms with Crippen LogP contribution in [0.25, 0.3) is 0 Å². The molecule has 0 amide bonds. The van der Waals surface area contributed by atoms with Crippen LogP contribution >= 0.6 is 11.3 Å². The third-order valence-corrected chi connectivity index (χ3v) is 3.73. The van der Waals surface area contributed by atoms with E-state index in [0.29, 0.717) is 0 Å². The van der Waals surface area contributed by atoms with Gasteiger partial charge in [0.25, 0.3) is 0 Å². The van der Waals surface area contributed by atoms with Crippen LogP contribution in [0.3, 0.4) is 0 Å². The smallest absolute Gasteiger partial charge is 0.128 e. The lowest BCUT2D eigenvalue weighted by Crippen LogP contribution is -2.22. The molecule has 0 aliphatic rings. The van der Waals surface area contributed by atoms with Crippen LogP contribution in [0.4, 0.5) is 0 Å². The molecule has 1 N–H and O–H groups in total. The first-order chi connectivity index (χ1) is 8.22. The van der Waals surface area contributed by atoms with Crippen molar-refractivity contribution in [2.45, 2.75) is 33.2 Å². The summed E-state index contributed by atoms with van der Waals surface area (Å²) in [7, 11) is 0. The topological polar surface area (TPSA) is 25.2 Å². The maximum atomic E-state index is 5.63. The maximum absolute atomic E-state index is 5.63. The van der Waals surface area contributed by atoms with Crippen molar-refractivity contribution in [3.8, 4) is 0 Å². The van der Waals surface area contributed by atoms with E-state index in [4.69, 9.17) is 4.42 Å². The van der Waals surface area contributed by atoms with Gasteiger partial charge in [0.05, 0.1) is 12.3 Å². The fraction of sp³-hybridized carbons (Fsp3) is 0.429. The van der Waals surface area contributed by atoms with Gasteiger partial charge in [-0.15, -0.1) is 11.3 Å². The fourth-order valence-corrected chi connectivity index (χ4v) is 2.68. The Balaban J connectivity index is 2.28. The number of aryl methyl sites for hydroxylation is 2. The van der Waals surface area contributed by atoms with Gasteiger partial charge in [0.1, 0.15) is 5.76 Å². The Morgan fingerprint density at radius 1 is 1.41 bits per heavy atom. The summed E-state index contributed by atoms with van der Waals surface area (Å²) in [5, 5.41) is 5.77. The van der Waals surface area contributed by atoms with Gasteiger partial charge < -0.3 is 9.73 Å². The summed E-state index contributed by atoms with van der Waals surface area (Å²) in [6.45, 7) is 7.41. The Bertz CT molecular complexity index is 472. The molecule has 0 aliphatic heterocycles. The summed E-state index contributed by atoms with van der Waals surface area (Å²) in [6, 6.07) is 4.45. The minimum atomic E-state index is 0.190. The predicted molar refractivity (Wildman–Crippen MR) is 72.6 cm³/mol. The molecule has 2 aromatic heterocycles. The van der Waals surface area contributed by atoms with Crippen LogP contribution in [0, 0.1) is 13.8 Å². The van der Waals surface area contributed by atoms with E-state index in [-0.39, 0.29) is 6.04 Å². The number of thiophene rings is 1.